The Morgan fingerprint density at radius 2 is 1.65 bits per heavy atom. The lowest BCUT2D eigenvalue weighted by molar-refractivity contribution is -0.232. The van der Waals surface area contributed by atoms with Crippen LogP contribution in [0.3, 0.4) is 0 Å². The SMILES string of the molecule is CC(=O)OC1CC(OC(C)=O)C2(C)C(CCC34OC3C3=C(C)C(=O)OC3CC42)C1(C)C. The van der Waals surface area contributed by atoms with Gasteiger partial charge in [-0.3, -0.25) is 9.59 Å². The zero-order valence-electron chi connectivity index (χ0n) is 19.2. The first kappa shape index (κ1) is 21.0. The van der Waals surface area contributed by atoms with Crippen molar-refractivity contribution in [3.63, 3.8) is 0 Å². The lowest BCUT2D eigenvalue weighted by atomic mass is 9.42. The molecule has 8 unspecified atom stereocenters. The molecule has 0 amide bonds. The molecule has 7 heteroatoms. The summed E-state index contributed by atoms with van der Waals surface area (Å²) in [5.74, 6) is -0.660. The van der Waals surface area contributed by atoms with Crippen LogP contribution in [0.25, 0.3) is 0 Å². The average Bonchev–Trinajstić information content (AvgIpc) is 3.30. The Morgan fingerprint density at radius 3 is 2.29 bits per heavy atom. The minimum atomic E-state index is -0.400. The molecule has 0 aromatic carbocycles. The standard InChI is InChI=1S/C24H32O7/c1-11-19-14(30-21(11)27)9-16-23(6)15(7-8-24(16)20(19)31-24)22(4,5)17(28-12(2)25)10-18(23)29-13(3)26/h14-18,20H,7-10H2,1-6H3. The molecule has 2 aliphatic heterocycles. The van der Waals surface area contributed by atoms with E-state index in [1.807, 2.05) is 6.92 Å². The van der Waals surface area contributed by atoms with E-state index in [0.717, 1.165) is 18.4 Å². The minimum absolute atomic E-state index is 0.0816. The van der Waals surface area contributed by atoms with Crippen LogP contribution in [0.5, 0.6) is 0 Å². The summed E-state index contributed by atoms with van der Waals surface area (Å²) in [6.07, 6.45) is 1.82. The van der Waals surface area contributed by atoms with E-state index in [0.29, 0.717) is 18.4 Å². The van der Waals surface area contributed by atoms with Crippen LogP contribution in [-0.2, 0) is 33.3 Å². The average molecular weight is 433 g/mol. The Bertz CT molecular complexity index is 904. The summed E-state index contributed by atoms with van der Waals surface area (Å²) in [5, 5.41) is 0. The van der Waals surface area contributed by atoms with E-state index >= 15 is 0 Å². The van der Waals surface area contributed by atoms with Gasteiger partial charge in [-0.15, -0.1) is 0 Å². The third kappa shape index (κ3) is 2.65. The highest BCUT2D eigenvalue weighted by Crippen LogP contribution is 2.72. The summed E-state index contributed by atoms with van der Waals surface area (Å²) in [4.78, 5) is 36.2. The third-order valence-electron chi connectivity index (χ3n) is 9.17. The van der Waals surface area contributed by atoms with E-state index in [2.05, 4.69) is 20.8 Å². The van der Waals surface area contributed by atoms with Gasteiger partial charge in [0.05, 0.1) is 0 Å². The number of hydrogen-bond acceptors (Lipinski definition) is 7. The molecule has 3 saturated carbocycles. The van der Waals surface area contributed by atoms with E-state index in [9.17, 15) is 14.4 Å². The first-order valence-electron chi connectivity index (χ1n) is 11.4. The molecule has 0 bridgehead atoms. The molecule has 3 aliphatic carbocycles. The summed E-state index contributed by atoms with van der Waals surface area (Å²) >= 11 is 0. The zero-order chi connectivity index (χ0) is 22.5. The summed E-state index contributed by atoms with van der Waals surface area (Å²) < 4.78 is 23.8. The summed E-state index contributed by atoms with van der Waals surface area (Å²) in [6.45, 7) is 11.2. The molecule has 0 radical (unpaired) electrons. The highest BCUT2D eigenvalue weighted by molar-refractivity contribution is 5.92. The van der Waals surface area contributed by atoms with Crippen LogP contribution in [-0.4, -0.2) is 47.9 Å². The van der Waals surface area contributed by atoms with Crippen LogP contribution in [0.4, 0.5) is 0 Å². The van der Waals surface area contributed by atoms with Gasteiger partial charge >= 0.3 is 17.9 Å². The molecule has 2 heterocycles. The van der Waals surface area contributed by atoms with Crippen molar-refractivity contribution in [2.24, 2.45) is 22.7 Å². The first-order valence-corrected chi connectivity index (χ1v) is 11.4. The molecule has 0 aromatic heterocycles. The Balaban J connectivity index is 1.57. The number of carbonyl (C=O) groups excluding carboxylic acids is 3. The fourth-order valence-corrected chi connectivity index (χ4v) is 7.81. The van der Waals surface area contributed by atoms with Crippen molar-refractivity contribution in [1.82, 2.24) is 0 Å². The smallest absolute Gasteiger partial charge is 0.334 e. The second-order valence-corrected chi connectivity index (χ2v) is 10.9. The van der Waals surface area contributed by atoms with Crippen molar-refractivity contribution in [3.05, 3.63) is 11.1 Å². The maximum atomic E-state index is 12.3. The molecule has 0 N–H and O–H groups in total. The largest absolute Gasteiger partial charge is 0.462 e. The number of esters is 3. The Labute approximate surface area is 182 Å². The second-order valence-electron chi connectivity index (χ2n) is 10.9. The van der Waals surface area contributed by atoms with Gasteiger partial charge in [-0.05, 0) is 32.1 Å². The van der Waals surface area contributed by atoms with Crippen molar-refractivity contribution >= 4 is 17.9 Å². The lowest BCUT2D eigenvalue weighted by Crippen LogP contribution is -2.66. The number of fused-ring (bicyclic) bond motifs is 4. The number of ether oxygens (including phenoxy) is 4. The molecule has 4 fully saturated rings. The van der Waals surface area contributed by atoms with Gasteiger partial charge in [0, 0.05) is 48.2 Å². The Morgan fingerprint density at radius 1 is 1.00 bits per heavy atom. The highest BCUT2D eigenvalue weighted by Gasteiger charge is 2.77. The van der Waals surface area contributed by atoms with E-state index < -0.39 is 6.10 Å². The van der Waals surface area contributed by atoms with Crippen LogP contribution in [0, 0.1) is 22.7 Å². The van der Waals surface area contributed by atoms with Gasteiger partial charge in [-0.2, -0.15) is 0 Å². The van der Waals surface area contributed by atoms with Gasteiger partial charge in [-0.1, -0.05) is 20.8 Å². The first-order chi connectivity index (χ1) is 14.4. The second kappa shape index (κ2) is 6.33. The van der Waals surface area contributed by atoms with Crippen molar-refractivity contribution in [1.29, 1.82) is 0 Å². The van der Waals surface area contributed by atoms with Crippen LogP contribution in [0.2, 0.25) is 0 Å². The van der Waals surface area contributed by atoms with Crippen LogP contribution >= 0.6 is 0 Å². The van der Waals surface area contributed by atoms with Crippen molar-refractivity contribution in [2.45, 2.75) is 97.2 Å². The van der Waals surface area contributed by atoms with E-state index in [-0.39, 0.29) is 64.5 Å². The highest BCUT2D eigenvalue weighted by atomic mass is 16.6. The van der Waals surface area contributed by atoms with Gasteiger partial charge in [0.1, 0.15) is 30.0 Å². The number of carbonyl (C=O) groups is 3. The minimum Gasteiger partial charge on any atom is -0.462 e. The fraction of sp³-hybridized carbons (Fsp3) is 0.792. The normalized spacial score (nSPS) is 46.7. The molecule has 170 valence electrons. The van der Waals surface area contributed by atoms with E-state index in [4.69, 9.17) is 18.9 Å². The maximum absolute atomic E-state index is 12.3. The van der Waals surface area contributed by atoms with Crippen LogP contribution < -0.4 is 0 Å². The van der Waals surface area contributed by atoms with E-state index in [1.165, 1.54) is 13.8 Å². The Kier molecular flexibility index (Phi) is 4.29. The molecule has 5 aliphatic rings. The number of hydrogen-bond donors (Lipinski definition) is 0. The fourth-order valence-electron chi connectivity index (χ4n) is 7.81. The van der Waals surface area contributed by atoms with Gasteiger partial charge in [-0.25, -0.2) is 4.79 Å². The van der Waals surface area contributed by atoms with Crippen molar-refractivity contribution in [3.8, 4) is 0 Å². The van der Waals surface area contributed by atoms with E-state index in [1.54, 1.807) is 0 Å². The zero-order valence-corrected chi connectivity index (χ0v) is 19.2. The quantitative estimate of drug-likeness (QED) is 0.376. The molecular formula is C24H32O7. The molecular weight excluding hydrogens is 400 g/mol. The third-order valence-corrected chi connectivity index (χ3v) is 9.17. The molecule has 7 nitrogen and oxygen atoms in total. The van der Waals surface area contributed by atoms with Gasteiger partial charge in [0.15, 0.2) is 0 Å². The topological polar surface area (TPSA) is 91.4 Å². The Hall–Kier alpha value is -1.89. The molecule has 5 rings (SSSR count). The predicted molar refractivity (Wildman–Crippen MR) is 109 cm³/mol. The van der Waals surface area contributed by atoms with Gasteiger partial charge < -0.3 is 18.9 Å². The van der Waals surface area contributed by atoms with Gasteiger partial charge in [0.25, 0.3) is 0 Å². The summed E-state index contributed by atoms with van der Waals surface area (Å²) in [5.41, 5.74) is 0.706. The lowest BCUT2D eigenvalue weighted by Gasteiger charge is -2.63. The van der Waals surface area contributed by atoms with Crippen LogP contribution in [0.1, 0.15) is 67.2 Å². The summed E-state index contributed by atoms with van der Waals surface area (Å²) in [7, 11) is 0. The molecule has 31 heavy (non-hydrogen) atoms. The number of epoxide rings is 1. The van der Waals surface area contributed by atoms with Crippen molar-refractivity contribution < 1.29 is 33.3 Å². The summed E-state index contributed by atoms with van der Waals surface area (Å²) in [6, 6.07) is 0. The van der Waals surface area contributed by atoms with Gasteiger partial charge in [0.2, 0.25) is 0 Å². The predicted octanol–water partition coefficient (Wildman–Crippen LogP) is 3.10. The monoisotopic (exact) mass is 432 g/mol. The molecule has 1 saturated heterocycles. The van der Waals surface area contributed by atoms with Crippen LogP contribution in [0.15, 0.2) is 11.1 Å². The maximum Gasteiger partial charge on any atom is 0.334 e. The van der Waals surface area contributed by atoms with Crippen molar-refractivity contribution in [2.75, 3.05) is 0 Å². The number of rotatable bonds is 2. The molecule has 8 atom stereocenters. The molecule has 1 spiro atoms. The molecule has 0 aromatic rings.